The summed E-state index contributed by atoms with van der Waals surface area (Å²) >= 11 is 1.75. The van der Waals surface area contributed by atoms with E-state index in [-0.39, 0.29) is 6.10 Å². The summed E-state index contributed by atoms with van der Waals surface area (Å²) < 4.78 is 9.99. The van der Waals surface area contributed by atoms with Crippen molar-refractivity contribution in [3.05, 3.63) is 48.2 Å². The fourth-order valence-corrected chi connectivity index (χ4v) is 3.52. The first kappa shape index (κ1) is 19.5. The minimum absolute atomic E-state index is 0.180. The van der Waals surface area contributed by atoms with Crippen LogP contribution in [0.25, 0.3) is 5.65 Å². The maximum atomic E-state index is 5.69. The maximum absolute atomic E-state index is 5.69. The van der Waals surface area contributed by atoms with Crippen LogP contribution in [0.1, 0.15) is 33.3 Å². The van der Waals surface area contributed by atoms with Gasteiger partial charge in [-0.1, -0.05) is 26.0 Å². The zero-order valence-electron chi connectivity index (χ0n) is 16.3. The summed E-state index contributed by atoms with van der Waals surface area (Å²) in [7, 11) is 0. The van der Waals surface area contributed by atoms with Crippen LogP contribution in [-0.2, 0) is 6.54 Å². The third-order valence-electron chi connectivity index (χ3n) is 4.06. The van der Waals surface area contributed by atoms with E-state index < -0.39 is 0 Å². The van der Waals surface area contributed by atoms with Crippen molar-refractivity contribution in [3.63, 3.8) is 0 Å². The molecule has 0 amide bonds. The maximum Gasteiger partial charge on any atom is 0.229 e. The molecule has 3 rings (SSSR count). The summed E-state index contributed by atoms with van der Waals surface area (Å²) in [4.78, 5) is 1.17. The standard InChI is InChI=1S/C20H27N5OS/c1-5-24(6-2)27-18-11-12-19-22-23-20(25(19)14-18)21-13-16-7-9-17(10-8-16)26-15(3)4/h7-12,14-15H,5-6,13H2,1-4H3,(H,21,23). The Morgan fingerprint density at radius 3 is 2.48 bits per heavy atom. The van der Waals surface area contributed by atoms with Crippen LogP contribution in [0.4, 0.5) is 5.95 Å². The molecule has 144 valence electrons. The van der Waals surface area contributed by atoms with Gasteiger partial charge in [0.15, 0.2) is 5.65 Å². The van der Waals surface area contributed by atoms with Gasteiger partial charge in [0.05, 0.1) is 6.10 Å². The van der Waals surface area contributed by atoms with E-state index >= 15 is 0 Å². The molecular formula is C20H27N5OS. The average molecular weight is 386 g/mol. The molecule has 0 atom stereocenters. The van der Waals surface area contributed by atoms with Crippen LogP contribution in [0, 0.1) is 0 Å². The van der Waals surface area contributed by atoms with Crippen LogP contribution in [0.5, 0.6) is 5.75 Å². The van der Waals surface area contributed by atoms with Crippen molar-refractivity contribution in [2.75, 3.05) is 18.4 Å². The summed E-state index contributed by atoms with van der Waals surface area (Å²) in [5, 5.41) is 11.9. The van der Waals surface area contributed by atoms with Crippen LogP contribution in [0.15, 0.2) is 47.5 Å². The van der Waals surface area contributed by atoms with E-state index in [4.69, 9.17) is 4.74 Å². The molecule has 0 aliphatic rings. The highest BCUT2D eigenvalue weighted by Gasteiger charge is 2.08. The molecule has 0 saturated heterocycles. The highest BCUT2D eigenvalue weighted by atomic mass is 32.2. The van der Waals surface area contributed by atoms with Gasteiger partial charge in [-0.2, -0.15) is 0 Å². The lowest BCUT2D eigenvalue weighted by Gasteiger charge is -2.16. The Morgan fingerprint density at radius 2 is 1.81 bits per heavy atom. The molecule has 0 radical (unpaired) electrons. The summed E-state index contributed by atoms with van der Waals surface area (Å²) in [5.74, 6) is 1.63. The fourth-order valence-electron chi connectivity index (χ4n) is 2.69. The number of ether oxygens (including phenoxy) is 1. The molecule has 0 bridgehead atoms. The highest BCUT2D eigenvalue weighted by Crippen LogP contribution is 2.23. The average Bonchev–Trinajstić information content (AvgIpc) is 3.07. The van der Waals surface area contributed by atoms with Gasteiger partial charge in [0.1, 0.15) is 5.75 Å². The van der Waals surface area contributed by atoms with E-state index in [1.54, 1.807) is 11.9 Å². The molecule has 0 saturated carbocycles. The van der Waals surface area contributed by atoms with Crippen LogP contribution < -0.4 is 10.1 Å². The molecule has 3 aromatic rings. The van der Waals surface area contributed by atoms with Crippen molar-refractivity contribution < 1.29 is 4.74 Å². The van der Waals surface area contributed by atoms with Crippen molar-refractivity contribution in [1.82, 2.24) is 18.9 Å². The number of pyridine rings is 1. The molecule has 1 N–H and O–H groups in total. The van der Waals surface area contributed by atoms with Crippen molar-refractivity contribution in [1.29, 1.82) is 0 Å². The monoisotopic (exact) mass is 385 g/mol. The van der Waals surface area contributed by atoms with E-state index in [0.29, 0.717) is 6.54 Å². The Morgan fingerprint density at radius 1 is 1.07 bits per heavy atom. The molecule has 0 fully saturated rings. The number of benzene rings is 1. The van der Waals surface area contributed by atoms with Crippen molar-refractivity contribution in [2.45, 2.75) is 45.2 Å². The quantitative estimate of drug-likeness (QED) is 0.548. The number of fused-ring (bicyclic) bond motifs is 1. The molecule has 7 heteroatoms. The lowest BCUT2D eigenvalue weighted by Crippen LogP contribution is -2.13. The molecule has 0 aliphatic heterocycles. The number of hydrogen-bond acceptors (Lipinski definition) is 6. The second kappa shape index (κ2) is 9.10. The summed E-state index contributed by atoms with van der Waals surface area (Å²) in [6, 6.07) is 12.2. The van der Waals surface area contributed by atoms with E-state index in [9.17, 15) is 0 Å². The lowest BCUT2D eigenvalue weighted by atomic mass is 10.2. The van der Waals surface area contributed by atoms with Crippen molar-refractivity contribution >= 4 is 23.5 Å². The van der Waals surface area contributed by atoms with E-state index in [1.807, 2.05) is 36.4 Å². The molecule has 0 aliphatic carbocycles. The van der Waals surface area contributed by atoms with Gasteiger partial charge >= 0.3 is 0 Å². The van der Waals surface area contributed by atoms with Gasteiger partial charge in [-0.05, 0) is 55.6 Å². The fraction of sp³-hybridized carbons (Fsp3) is 0.400. The smallest absolute Gasteiger partial charge is 0.229 e. The Labute approximate surface area is 165 Å². The van der Waals surface area contributed by atoms with Crippen molar-refractivity contribution in [3.8, 4) is 5.75 Å². The van der Waals surface area contributed by atoms with Gasteiger partial charge in [-0.15, -0.1) is 10.2 Å². The normalized spacial score (nSPS) is 11.5. The number of rotatable bonds is 9. The summed E-state index contributed by atoms with van der Waals surface area (Å²) in [6.45, 7) is 11.1. The Bertz CT molecular complexity index is 858. The molecule has 1 aromatic carbocycles. The zero-order valence-corrected chi connectivity index (χ0v) is 17.2. The van der Waals surface area contributed by atoms with E-state index in [0.717, 1.165) is 36.0 Å². The first-order chi connectivity index (χ1) is 13.1. The molecule has 0 spiro atoms. The van der Waals surface area contributed by atoms with Crippen LogP contribution in [-0.4, -0.2) is 38.1 Å². The van der Waals surface area contributed by atoms with Gasteiger partial charge in [0, 0.05) is 30.7 Å². The molecule has 6 nitrogen and oxygen atoms in total. The van der Waals surface area contributed by atoms with Crippen LogP contribution in [0.3, 0.4) is 0 Å². The van der Waals surface area contributed by atoms with Crippen LogP contribution >= 0.6 is 11.9 Å². The number of aromatic nitrogens is 3. The number of hydrogen-bond donors (Lipinski definition) is 1. The van der Waals surface area contributed by atoms with Gasteiger partial charge in [-0.3, -0.25) is 4.40 Å². The Hall–Kier alpha value is -2.25. The minimum atomic E-state index is 0.180. The lowest BCUT2D eigenvalue weighted by molar-refractivity contribution is 0.242. The van der Waals surface area contributed by atoms with Crippen LogP contribution in [0.2, 0.25) is 0 Å². The topological polar surface area (TPSA) is 54.7 Å². The SMILES string of the molecule is CCN(CC)Sc1ccc2nnc(NCc3ccc(OC(C)C)cc3)n2c1. The van der Waals surface area contributed by atoms with Crippen molar-refractivity contribution in [2.24, 2.45) is 0 Å². The van der Waals surface area contributed by atoms with E-state index in [1.165, 1.54) is 4.90 Å². The number of nitrogens with one attached hydrogen (secondary N) is 1. The second-order valence-corrected chi connectivity index (χ2v) is 7.66. The third kappa shape index (κ3) is 5.14. The molecule has 27 heavy (non-hydrogen) atoms. The first-order valence-electron chi connectivity index (χ1n) is 9.36. The highest BCUT2D eigenvalue weighted by molar-refractivity contribution is 7.97. The predicted octanol–water partition coefficient (Wildman–Crippen LogP) is 4.48. The minimum Gasteiger partial charge on any atom is -0.491 e. The van der Waals surface area contributed by atoms with Gasteiger partial charge in [0.25, 0.3) is 0 Å². The molecule has 2 aromatic heterocycles. The Balaban J connectivity index is 1.69. The summed E-state index contributed by atoms with van der Waals surface area (Å²) in [6.07, 6.45) is 2.26. The van der Waals surface area contributed by atoms with E-state index in [2.05, 4.69) is 58.1 Å². The van der Waals surface area contributed by atoms with Gasteiger partial charge in [0.2, 0.25) is 5.95 Å². The van der Waals surface area contributed by atoms with Gasteiger partial charge < -0.3 is 10.1 Å². The molecule has 0 unspecified atom stereocenters. The number of nitrogens with zero attached hydrogens (tertiary/aromatic N) is 4. The zero-order chi connectivity index (χ0) is 19.2. The third-order valence-corrected chi connectivity index (χ3v) is 5.29. The largest absolute Gasteiger partial charge is 0.491 e. The number of anilines is 1. The molecular weight excluding hydrogens is 358 g/mol. The van der Waals surface area contributed by atoms with Gasteiger partial charge in [-0.25, -0.2) is 4.31 Å². The first-order valence-corrected chi connectivity index (χ1v) is 10.1. The second-order valence-electron chi connectivity index (χ2n) is 6.49. The Kier molecular flexibility index (Phi) is 6.58. The predicted molar refractivity (Wildman–Crippen MR) is 111 cm³/mol. The molecule has 2 heterocycles. The summed E-state index contributed by atoms with van der Waals surface area (Å²) in [5.41, 5.74) is 2.00.